The molecule has 4 heteroatoms. The smallest absolute Gasteiger partial charge is 0.255 e. The number of phenolic OH excluding ortho intramolecular Hbond substituents is 1. The molecule has 0 spiro atoms. The lowest BCUT2D eigenvalue weighted by atomic mass is 10.1. The molecule has 2 rings (SSSR count). The van der Waals surface area contributed by atoms with Gasteiger partial charge in [0.15, 0.2) is 0 Å². The third-order valence-electron chi connectivity index (χ3n) is 3.05. The van der Waals surface area contributed by atoms with Crippen LogP contribution in [0.2, 0.25) is 0 Å². The van der Waals surface area contributed by atoms with E-state index >= 15 is 0 Å². The number of rotatable bonds is 2. The van der Waals surface area contributed by atoms with Crippen LogP contribution in [-0.2, 0) is 0 Å². The molecule has 0 fully saturated rings. The summed E-state index contributed by atoms with van der Waals surface area (Å²) >= 11 is 0. The molecule has 19 heavy (non-hydrogen) atoms. The van der Waals surface area contributed by atoms with E-state index in [1.807, 2.05) is 26.0 Å². The van der Waals surface area contributed by atoms with E-state index in [0.29, 0.717) is 16.9 Å². The number of aryl methyl sites for hydroxylation is 2. The minimum absolute atomic E-state index is 0.0710. The standard InChI is InChI=1S/C15H16N2O2/c1-9-3-4-11(7-10(9)2)15(19)17-14-6-5-12(18)8-13(14)16/h3-8,18H,16H2,1-2H3,(H,17,19). The summed E-state index contributed by atoms with van der Waals surface area (Å²) in [5, 5.41) is 12.0. The second-order valence-electron chi connectivity index (χ2n) is 4.52. The number of anilines is 2. The highest BCUT2D eigenvalue weighted by Crippen LogP contribution is 2.24. The van der Waals surface area contributed by atoms with Crippen molar-refractivity contribution in [2.75, 3.05) is 11.1 Å². The SMILES string of the molecule is Cc1ccc(C(=O)Nc2ccc(O)cc2N)cc1C. The molecular weight excluding hydrogens is 240 g/mol. The van der Waals surface area contributed by atoms with Crippen molar-refractivity contribution in [3.63, 3.8) is 0 Å². The largest absolute Gasteiger partial charge is 0.508 e. The van der Waals surface area contributed by atoms with E-state index in [-0.39, 0.29) is 11.7 Å². The van der Waals surface area contributed by atoms with Crippen LogP contribution in [0.4, 0.5) is 11.4 Å². The Labute approximate surface area is 111 Å². The molecule has 4 nitrogen and oxygen atoms in total. The number of amides is 1. The molecule has 0 aliphatic rings. The zero-order chi connectivity index (χ0) is 14.0. The topological polar surface area (TPSA) is 75.3 Å². The molecule has 2 aromatic rings. The second kappa shape index (κ2) is 5.02. The Hall–Kier alpha value is -2.49. The van der Waals surface area contributed by atoms with Gasteiger partial charge >= 0.3 is 0 Å². The van der Waals surface area contributed by atoms with Gasteiger partial charge in [-0.05, 0) is 49.2 Å². The normalized spacial score (nSPS) is 10.2. The molecule has 2 aromatic carbocycles. The Morgan fingerprint density at radius 3 is 2.47 bits per heavy atom. The van der Waals surface area contributed by atoms with Gasteiger partial charge < -0.3 is 16.2 Å². The number of carbonyl (C=O) groups excluding carboxylic acids is 1. The Bertz CT molecular complexity index is 636. The summed E-state index contributed by atoms with van der Waals surface area (Å²) in [7, 11) is 0. The second-order valence-corrected chi connectivity index (χ2v) is 4.52. The van der Waals surface area contributed by atoms with Crippen LogP contribution < -0.4 is 11.1 Å². The number of hydrogen-bond donors (Lipinski definition) is 3. The average molecular weight is 256 g/mol. The zero-order valence-electron chi connectivity index (χ0n) is 10.9. The van der Waals surface area contributed by atoms with E-state index in [2.05, 4.69) is 5.32 Å². The maximum absolute atomic E-state index is 12.1. The molecule has 0 aliphatic carbocycles. The van der Waals surface area contributed by atoms with Crippen molar-refractivity contribution in [1.29, 1.82) is 0 Å². The van der Waals surface area contributed by atoms with E-state index < -0.39 is 0 Å². The molecule has 0 radical (unpaired) electrons. The molecule has 1 amide bonds. The summed E-state index contributed by atoms with van der Waals surface area (Å²) < 4.78 is 0. The van der Waals surface area contributed by atoms with Gasteiger partial charge in [-0.15, -0.1) is 0 Å². The predicted octanol–water partition coefficient (Wildman–Crippen LogP) is 2.84. The van der Waals surface area contributed by atoms with Crippen molar-refractivity contribution >= 4 is 17.3 Å². The summed E-state index contributed by atoms with van der Waals surface area (Å²) in [6.07, 6.45) is 0. The fourth-order valence-electron chi connectivity index (χ4n) is 1.74. The molecule has 0 aliphatic heterocycles. The highest BCUT2D eigenvalue weighted by atomic mass is 16.3. The van der Waals surface area contributed by atoms with Crippen LogP contribution in [0.1, 0.15) is 21.5 Å². The first-order chi connectivity index (χ1) is 8.97. The Morgan fingerprint density at radius 1 is 1.11 bits per heavy atom. The molecule has 0 aromatic heterocycles. The van der Waals surface area contributed by atoms with Crippen molar-refractivity contribution < 1.29 is 9.90 Å². The Morgan fingerprint density at radius 2 is 1.84 bits per heavy atom. The van der Waals surface area contributed by atoms with E-state index in [0.717, 1.165) is 11.1 Å². The van der Waals surface area contributed by atoms with Crippen LogP contribution in [0.5, 0.6) is 5.75 Å². The number of nitrogens with two attached hydrogens (primary N) is 1. The summed E-state index contributed by atoms with van der Waals surface area (Å²) in [4.78, 5) is 12.1. The van der Waals surface area contributed by atoms with E-state index in [1.54, 1.807) is 12.1 Å². The van der Waals surface area contributed by atoms with Crippen LogP contribution >= 0.6 is 0 Å². The number of carbonyl (C=O) groups is 1. The fourth-order valence-corrected chi connectivity index (χ4v) is 1.74. The molecule has 0 bridgehead atoms. The maximum atomic E-state index is 12.1. The average Bonchev–Trinajstić information content (AvgIpc) is 2.36. The molecule has 98 valence electrons. The number of phenols is 1. The number of benzene rings is 2. The molecule has 0 unspecified atom stereocenters. The van der Waals surface area contributed by atoms with Crippen LogP contribution in [0.25, 0.3) is 0 Å². The van der Waals surface area contributed by atoms with Gasteiger partial charge in [0.05, 0.1) is 11.4 Å². The van der Waals surface area contributed by atoms with Crippen molar-refractivity contribution in [2.24, 2.45) is 0 Å². The van der Waals surface area contributed by atoms with E-state index in [4.69, 9.17) is 5.73 Å². The van der Waals surface area contributed by atoms with Crippen LogP contribution in [-0.4, -0.2) is 11.0 Å². The van der Waals surface area contributed by atoms with Gasteiger partial charge in [0.1, 0.15) is 5.75 Å². The molecule has 0 saturated carbocycles. The molecule has 0 atom stereocenters. The van der Waals surface area contributed by atoms with E-state index in [9.17, 15) is 9.90 Å². The summed E-state index contributed by atoms with van der Waals surface area (Å²) in [5.41, 5.74) is 9.33. The third kappa shape index (κ3) is 2.85. The van der Waals surface area contributed by atoms with Crippen LogP contribution in [0, 0.1) is 13.8 Å². The third-order valence-corrected chi connectivity index (χ3v) is 3.05. The van der Waals surface area contributed by atoms with Gasteiger partial charge in [-0.2, -0.15) is 0 Å². The summed E-state index contributed by atoms with van der Waals surface area (Å²) in [5.74, 6) is -0.151. The van der Waals surface area contributed by atoms with Crippen molar-refractivity contribution in [3.8, 4) is 5.75 Å². The highest BCUT2D eigenvalue weighted by Gasteiger charge is 2.09. The van der Waals surface area contributed by atoms with Crippen molar-refractivity contribution in [2.45, 2.75) is 13.8 Å². The quantitative estimate of drug-likeness (QED) is 0.571. The maximum Gasteiger partial charge on any atom is 0.255 e. The number of nitrogens with one attached hydrogen (secondary N) is 1. The van der Waals surface area contributed by atoms with Gasteiger partial charge in [0.2, 0.25) is 0 Å². The van der Waals surface area contributed by atoms with Crippen molar-refractivity contribution in [1.82, 2.24) is 0 Å². The zero-order valence-corrected chi connectivity index (χ0v) is 10.9. The van der Waals surface area contributed by atoms with Crippen LogP contribution in [0.3, 0.4) is 0 Å². The summed E-state index contributed by atoms with van der Waals surface area (Å²) in [6, 6.07) is 9.96. The first-order valence-corrected chi connectivity index (χ1v) is 5.94. The number of aromatic hydroxyl groups is 1. The van der Waals surface area contributed by atoms with Gasteiger partial charge in [-0.25, -0.2) is 0 Å². The molecule has 0 heterocycles. The lowest BCUT2D eigenvalue weighted by Crippen LogP contribution is -2.13. The lowest BCUT2D eigenvalue weighted by Gasteiger charge is -2.09. The van der Waals surface area contributed by atoms with Gasteiger partial charge in [0.25, 0.3) is 5.91 Å². The first kappa shape index (κ1) is 13.0. The Balaban J connectivity index is 2.23. The van der Waals surface area contributed by atoms with Gasteiger partial charge in [-0.3, -0.25) is 4.79 Å². The number of nitrogen functional groups attached to an aromatic ring is 1. The summed E-state index contributed by atoms with van der Waals surface area (Å²) in [6.45, 7) is 3.95. The first-order valence-electron chi connectivity index (χ1n) is 5.94. The van der Waals surface area contributed by atoms with Gasteiger partial charge in [-0.1, -0.05) is 6.07 Å². The monoisotopic (exact) mass is 256 g/mol. The highest BCUT2D eigenvalue weighted by molar-refractivity contribution is 6.05. The minimum Gasteiger partial charge on any atom is -0.508 e. The molecule has 4 N–H and O–H groups in total. The fraction of sp³-hybridized carbons (Fsp3) is 0.133. The lowest BCUT2D eigenvalue weighted by molar-refractivity contribution is 0.102. The molecule has 0 saturated heterocycles. The van der Waals surface area contributed by atoms with Crippen molar-refractivity contribution in [3.05, 3.63) is 53.1 Å². The predicted molar refractivity (Wildman–Crippen MR) is 76.4 cm³/mol. The Kier molecular flexibility index (Phi) is 3.42. The van der Waals surface area contributed by atoms with Crippen LogP contribution in [0.15, 0.2) is 36.4 Å². The molecular formula is C15H16N2O2. The number of hydrogen-bond acceptors (Lipinski definition) is 3. The minimum atomic E-state index is -0.222. The van der Waals surface area contributed by atoms with Gasteiger partial charge in [0, 0.05) is 11.6 Å². The van der Waals surface area contributed by atoms with E-state index in [1.165, 1.54) is 12.1 Å².